The quantitative estimate of drug-likeness (QED) is 0.626. The summed E-state index contributed by atoms with van der Waals surface area (Å²) in [4.78, 5) is 30.7. The first-order valence-corrected chi connectivity index (χ1v) is 7.48. The van der Waals surface area contributed by atoms with Crippen molar-refractivity contribution in [1.82, 2.24) is 4.98 Å². The highest BCUT2D eigenvalue weighted by Gasteiger charge is 2.34. The fraction of sp³-hybridized carbons (Fsp3) is 0. The largest absolute Gasteiger partial charge is 0.268 e. The fourth-order valence-electron chi connectivity index (χ4n) is 2.79. The van der Waals surface area contributed by atoms with Gasteiger partial charge in [0, 0.05) is 33.4 Å². The lowest BCUT2D eigenvalue weighted by Gasteiger charge is -2.27. The number of hydrogen-bond donors (Lipinski definition) is 0. The number of nitrogens with zero attached hydrogens (tertiary/aromatic N) is 2. The van der Waals surface area contributed by atoms with Gasteiger partial charge in [0.2, 0.25) is 0 Å². The van der Waals surface area contributed by atoms with E-state index < -0.39 is 0 Å². The first-order chi connectivity index (χ1) is 10.7. The molecule has 0 bridgehead atoms. The van der Waals surface area contributed by atoms with Crippen LogP contribution in [-0.2, 0) is 0 Å². The number of imide groups is 1. The Bertz CT molecular complexity index is 916. The second kappa shape index (κ2) is 4.74. The Morgan fingerprint density at radius 1 is 0.864 bits per heavy atom. The lowest BCUT2D eigenvalue weighted by molar-refractivity contribution is 0.0893. The molecule has 106 valence electrons. The first-order valence-electron chi connectivity index (χ1n) is 6.68. The van der Waals surface area contributed by atoms with Gasteiger partial charge in [-0.25, -0.2) is 4.90 Å². The zero-order valence-corrected chi connectivity index (χ0v) is 12.9. The van der Waals surface area contributed by atoms with Gasteiger partial charge in [-0.1, -0.05) is 28.1 Å². The number of carbonyl (C=O) groups is 2. The third kappa shape index (κ3) is 1.72. The molecule has 22 heavy (non-hydrogen) atoms. The third-order valence-electron chi connectivity index (χ3n) is 3.78. The average molecular weight is 353 g/mol. The number of rotatable bonds is 1. The molecule has 4 rings (SSSR count). The lowest BCUT2D eigenvalue weighted by Crippen LogP contribution is -2.40. The van der Waals surface area contributed by atoms with Crippen molar-refractivity contribution in [2.45, 2.75) is 0 Å². The van der Waals surface area contributed by atoms with E-state index in [4.69, 9.17) is 0 Å². The second-order valence-corrected chi connectivity index (χ2v) is 5.83. The normalized spacial score (nSPS) is 13.8. The van der Waals surface area contributed by atoms with Crippen LogP contribution in [0.4, 0.5) is 5.69 Å². The molecule has 0 aliphatic carbocycles. The Labute approximate surface area is 134 Å². The Morgan fingerprint density at radius 3 is 2.27 bits per heavy atom. The Morgan fingerprint density at radius 2 is 1.55 bits per heavy atom. The summed E-state index contributed by atoms with van der Waals surface area (Å²) in [6.45, 7) is 0. The van der Waals surface area contributed by atoms with E-state index in [0.717, 1.165) is 9.86 Å². The summed E-state index contributed by atoms with van der Waals surface area (Å²) in [5.41, 5.74) is 1.59. The van der Waals surface area contributed by atoms with Crippen molar-refractivity contribution < 1.29 is 9.59 Å². The standard InChI is InChI=1S/C17H9BrN2O2/c18-14-5-4-13-15-11(14)2-1-3-12(15)16(21)20(17(13)22)10-6-8-19-9-7-10/h1-9H. The molecule has 4 nitrogen and oxygen atoms in total. The molecule has 0 unspecified atom stereocenters. The maximum atomic E-state index is 12.8. The number of benzene rings is 2. The van der Waals surface area contributed by atoms with Gasteiger partial charge in [0.1, 0.15) is 0 Å². The van der Waals surface area contributed by atoms with Gasteiger partial charge in [-0.15, -0.1) is 0 Å². The minimum atomic E-state index is -0.313. The highest BCUT2D eigenvalue weighted by molar-refractivity contribution is 9.10. The molecule has 0 N–H and O–H groups in total. The van der Waals surface area contributed by atoms with Crippen molar-refractivity contribution in [3.8, 4) is 0 Å². The first kappa shape index (κ1) is 13.2. The maximum absolute atomic E-state index is 12.8. The summed E-state index contributed by atoms with van der Waals surface area (Å²) in [5, 5.41) is 1.57. The van der Waals surface area contributed by atoms with Gasteiger partial charge < -0.3 is 0 Å². The molecule has 0 radical (unpaired) electrons. The molecule has 1 aliphatic rings. The van der Waals surface area contributed by atoms with Crippen molar-refractivity contribution in [1.29, 1.82) is 0 Å². The van der Waals surface area contributed by atoms with Crippen molar-refractivity contribution in [2.75, 3.05) is 4.90 Å². The molecule has 1 aromatic heterocycles. The minimum absolute atomic E-state index is 0.313. The van der Waals surface area contributed by atoms with Crippen LogP contribution in [-0.4, -0.2) is 16.8 Å². The van der Waals surface area contributed by atoms with Crippen LogP contribution in [0.15, 0.2) is 59.3 Å². The summed E-state index contributed by atoms with van der Waals surface area (Å²) in [5.74, 6) is -0.625. The molecule has 2 heterocycles. The van der Waals surface area contributed by atoms with Gasteiger partial charge >= 0.3 is 0 Å². The van der Waals surface area contributed by atoms with Crippen LogP contribution < -0.4 is 4.90 Å². The molecule has 0 fully saturated rings. The van der Waals surface area contributed by atoms with Crippen LogP contribution in [0.25, 0.3) is 10.8 Å². The predicted molar refractivity (Wildman–Crippen MR) is 87.0 cm³/mol. The van der Waals surface area contributed by atoms with Crippen LogP contribution in [0.1, 0.15) is 20.7 Å². The van der Waals surface area contributed by atoms with E-state index in [1.165, 1.54) is 4.90 Å². The zero-order valence-electron chi connectivity index (χ0n) is 11.3. The Balaban J connectivity index is 2.03. The van der Waals surface area contributed by atoms with Crippen LogP contribution >= 0.6 is 15.9 Å². The number of amides is 2. The van der Waals surface area contributed by atoms with Gasteiger partial charge in [0.15, 0.2) is 0 Å². The molecule has 3 aromatic rings. The molecule has 0 saturated heterocycles. The second-order valence-electron chi connectivity index (χ2n) is 4.97. The van der Waals surface area contributed by atoms with Crippen molar-refractivity contribution in [3.05, 3.63) is 70.5 Å². The molecule has 5 heteroatoms. The molecule has 2 aromatic carbocycles. The summed E-state index contributed by atoms with van der Waals surface area (Å²) < 4.78 is 0.867. The van der Waals surface area contributed by atoms with Gasteiger partial charge in [-0.2, -0.15) is 0 Å². The van der Waals surface area contributed by atoms with Crippen LogP contribution in [0.2, 0.25) is 0 Å². The van der Waals surface area contributed by atoms with Gasteiger partial charge in [0.25, 0.3) is 11.8 Å². The topological polar surface area (TPSA) is 50.3 Å². The third-order valence-corrected chi connectivity index (χ3v) is 4.47. The van der Waals surface area contributed by atoms with E-state index >= 15 is 0 Å². The van der Waals surface area contributed by atoms with Crippen molar-refractivity contribution >= 4 is 44.2 Å². The molecular weight excluding hydrogens is 344 g/mol. The maximum Gasteiger partial charge on any atom is 0.265 e. The highest BCUT2D eigenvalue weighted by atomic mass is 79.9. The Kier molecular flexibility index (Phi) is 2.84. The number of aromatic nitrogens is 1. The number of halogens is 1. The zero-order chi connectivity index (χ0) is 15.3. The van der Waals surface area contributed by atoms with Crippen LogP contribution in [0.3, 0.4) is 0 Å². The molecular formula is C17H9BrN2O2. The molecule has 0 saturated carbocycles. The van der Waals surface area contributed by atoms with E-state index in [0.29, 0.717) is 22.2 Å². The van der Waals surface area contributed by atoms with E-state index in [-0.39, 0.29) is 11.8 Å². The van der Waals surface area contributed by atoms with E-state index in [1.54, 1.807) is 36.7 Å². The summed E-state index contributed by atoms with van der Waals surface area (Å²) in [6.07, 6.45) is 3.13. The minimum Gasteiger partial charge on any atom is -0.268 e. The summed E-state index contributed by atoms with van der Waals surface area (Å²) >= 11 is 3.47. The molecule has 2 amide bonds. The molecule has 1 aliphatic heterocycles. The van der Waals surface area contributed by atoms with Gasteiger partial charge in [0.05, 0.1) is 5.69 Å². The van der Waals surface area contributed by atoms with Crippen LogP contribution in [0, 0.1) is 0 Å². The lowest BCUT2D eigenvalue weighted by atomic mass is 9.94. The number of pyridine rings is 1. The van der Waals surface area contributed by atoms with E-state index in [2.05, 4.69) is 20.9 Å². The van der Waals surface area contributed by atoms with Gasteiger partial charge in [-0.3, -0.25) is 14.6 Å². The Hall–Kier alpha value is -2.53. The smallest absolute Gasteiger partial charge is 0.265 e. The number of carbonyl (C=O) groups excluding carboxylic acids is 2. The predicted octanol–water partition coefficient (Wildman–Crippen LogP) is 3.80. The van der Waals surface area contributed by atoms with Crippen LogP contribution in [0.5, 0.6) is 0 Å². The average Bonchev–Trinajstić information content (AvgIpc) is 2.55. The highest BCUT2D eigenvalue weighted by Crippen LogP contribution is 2.35. The van der Waals surface area contributed by atoms with Gasteiger partial charge in [-0.05, 0) is 35.7 Å². The summed E-state index contributed by atoms with van der Waals surface area (Å²) in [7, 11) is 0. The summed E-state index contributed by atoms with van der Waals surface area (Å²) in [6, 6.07) is 12.4. The monoisotopic (exact) mass is 352 g/mol. The van der Waals surface area contributed by atoms with E-state index in [9.17, 15) is 9.59 Å². The molecule has 0 atom stereocenters. The van der Waals surface area contributed by atoms with E-state index in [1.807, 2.05) is 18.2 Å². The molecule has 0 spiro atoms. The fourth-order valence-corrected chi connectivity index (χ4v) is 3.25. The SMILES string of the molecule is O=C1c2cccc3c(Br)ccc(c23)C(=O)N1c1ccncc1. The van der Waals surface area contributed by atoms with Crippen molar-refractivity contribution in [2.24, 2.45) is 0 Å². The number of hydrogen-bond acceptors (Lipinski definition) is 3. The van der Waals surface area contributed by atoms with Crippen molar-refractivity contribution in [3.63, 3.8) is 0 Å². The number of anilines is 1.